The van der Waals surface area contributed by atoms with Gasteiger partial charge in [0, 0.05) is 12.2 Å². The smallest absolute Gasteiger partial charge is 0.0636 e. The van der Waals surface area contributed by atoms with Gasteiger partial charge in [-0.15, -0.1) is 0 Å². The number of benzene rings is 2. The van der Waals surface area contributed by atoms with Crippen LogP contribution in [0.2, 0.25) is 0 Å². The standard InChI is InChI=1S/C17H22N2O/c1-13-9-16(8-7-15(13)11-18)19-17(12-20)10-14-5-3-2-4-6-14/h2-9,17,19-20H,10-12,18H2,1H3. The topological polar surface area (TPSA) is 58.3 Å². The van der Waals surface area contributed by atoms with E-state index in [-0.39, 0.29) is 12.6 Å². The largest absolute Gasteiger partial charge is 0.394 e. The molecule has 3 heteroatoms. The van der Waals surface area contributed by atoms with Crippen molar-refractivity contribution in [2.24, 2.45) is 5.73 Å². The molecule has 1 atom stereocenters. The third-order valence-corrected chi connectivity index (χ3v) is 3.48. The summed E-state index contributed by atoms with van der Waals surface area (Å²) in [6.45, 7) is 2.71. The van der Waals surface area contributed by atoms with Gasteiger partial charge in [0.2, 0.25) is 0 Å². The van der Waals surface area contributed by atoms with Crippen molar-refractivity contribution in [1.82, 2.24) is 0 Å². The van der Waals surface area contributed by atoms with Gasteiger partial charge >= 0.3 is 0 Å². The SMILES string of the molecule is Cc1cc(NC(CO)Cc2ccccc2)ccc1CN. The van der Waals surface area contributed by atoms with Gasteiger partial charge in [-0.25, -0.2) is 0 Å². The summed E-state index contributed by atoms with van der Waals surface area (Å²) in [5.41, 5.74) is 10.2. The maximum atomic E-state index is 9.54. The highest BCUT2D eigenvalue weighted by Crippen LogP contribution is 2.16. The third kappa shape index (κ3) is 3.83. The number of hydrogen-bond acceptors (Lipinski definition) is 3. The number of rotatable bonds is 6. The van der Waals surface area contributed by atoms with Crippen LogP contribution in [0.25, 0.3) is 0 Å². The minimum Gasteiger partial charge on any atom is -0.394 e. The zero-order valence-electron chi connectivity index (χ0n) is 11.8. The molecule has 0 spiro atoms. The van der Waals surface area contributed by atoms with Crippen LogP contribution in [-0.2, 0) is 13.0 Å². The molecule has 1 unspecified atom stereocenters. The Morgan fingerprint density at radius 2 is 1.90 bits per heavy atom. The summed E-state index contributed by atoms with van der Waals surface area (Å²) < 4.78 is 0. The number of aryl methyl sites for hydroxylation is 1. The van der Waals surface area contributed by atoms with E-state index in [1.165, 1.54) is 11.1 Å². The molecule has 3 nitrogen and oxygen atoms in total. The van der Waals surface area contributed by atoms with Crippen LogP contribution in [0.1, 0.15) is 16.7 Å². The Balaban J connectivity index is 2.04. The first-order chi connectivity index (χ1) is 9.72. The lowest BCUT2D eigenvalue weighted by Gasteiger charge is -2.18. The molecule has 0 aliphatic carbocycles. The first kappa shape index (κ1) is 14.6. The van der Waals surface area contributed by atoms with E-state index < -0.39 is 0 Å². The van der Waals surface area contributed by atoms with Gasteiger partial charge in [-0.1, -0.05) is 36.4 Å². The fourth-order valence-electron chi connectivity index (χ4n) is 2.31. The predicted octanol–water partition coefficient (Wildman–Crippen LogP) is 2.47. The zero-order valence-corrected chi connectivity index (χ0v) is 11.8. The van der Waals surface area contributed by atoms with Crippen LogP contribution >= 0.6 is 0 Å². The Labute approximate surface area is 120 Å². The molecule has 2 aromatic carbocycles. The van der Waals surface area contributed by atoms with Crippen molar-refractivity contribution in [1.29, 1.82) is 0 Å². The van der Waals surface area contributed by atoms with Gasteiger partial charge in [0.1, 0.15) is 0 Å². The summed E-state index contributed by atoms with van der Waals surface area (Å²) in [4.78, 5) is 0. The van der Waals surface area contributed by atoms with Crippen LogP contribution in [0.5, 0.6) is 0 Å². The number of aliphatic hydroxyl groups excluding tert-OH is 1. The predicted molar refractivity (Wildman–Crippen MR) is 83.7 cm³/mol. The number of nitrogens with one attached hydrogen (secondary N) is 1. The Kier molecular flexibility index (Phi) is 5.16. The molecule has 0 aliphatic rings. The van der Waals surface area contributed by atoms with Crippen molar-refractivity contribution in [3.05, 3.63) is 65.2 Å². The van der Waals surface area contributed by atoms with Crippen LogP contribution < -0.4 is 11.1 Å². The van der Waals surface area contributed by atoms with E-state index in [1.807, 2.05) is 30.3 Å². The molecular formula is C17H22N2O. The van der Waals surface area contributed by atoms with Gasteiger partial charge in [0.15, 0.2) is 0 Å². The van der Waals surface area contributed by atoms with E-state index in [9.17, 15) is 5.11 Å². The van der Waals surface area contributed by atoms with E-state index in [4.69, 9.17) is 5.73 Å². The highest BCUT2D eigenvalue weighted by molar-refractivity contribution is 5.49. The molecule has 106 valence electrons. The summed E-state index contributed by atoms with van der Waals surface area (Å²) in [6.07, 6.45) is 0.801. The first-order valence-electron chi connectivity index (χ1n) is 6.94. The van der Waals surface area contributed by atoms with Crippen molar-refractivity contribution in [3.8, 4) is 0 Å². The molecule has 0 aromatic heterocycles. The van der Waals surface area contributed by atoms with E-state index in [1.54, 1.807) is 0 Å². The molecule has 4 N–H and O–H groups in total. The van der Waals surface area contributed by atoms with Crippen molar-refractivity contribution in [3.63, 3.8) is 0 Å². The average Bonchev–Trinajstić information content (AvgIpc) is 2.48. The van der Waals surface area contributed by atoms with Gasteiger partial charge in [0.25, 0.3) is 0 Å². The second-order valence-corrected chi connectivity index (χ2v) is 5.06. The second kappa shape index (κ2) is 7.08. The molecule has 0 aliphatic heterocycles. The summed E-state index contributed by atoms with van der Waals surface area (Å²) in [6, 6.07) is 16.3. The van der Waals surface area contributed by atoms with Crippen LogP contribution in [0.3, 0.4) is 0 Å². The van der Waals surface area contributed by atoms with Gasteiger partial charge in [-0.05, 0) is 42.2 Å². The van der Waals surface area contributed by atoms with Gasteiger partial charge in [-0.2, -0.15) is 0 Å². The van der Waals surface area contributed by atoms with Crippen LogP contribution in [0.15, 0.2) is 48.5 Å². The molecule has 0 heterocycles. The van der Waals surface area contributed by atoms with Gasteiger partial charge in [0.05, 0.1) is 12.6 Å². The van der Waals surface area contributed by atoms with E-state index in [0.717, 1.165) is 17.7 Å². The molecular weight excluding hydrogens is 248 g/mol. The average molecular weight is 270 g/mol. The molecule has 0 fully saturated rings. The lowest BCUT2D eigenvalue weighted by molar-refractivity contribution is 0.273. The van der Waals surface area contributed by atoms with Crippen molar-refractivity contribution < 1.29 is 5.11 Å². The number of anilines is 1. The second-order valence-electron chi connectivity index (χ2n) is 5.06. The highest BCUT2D eigenvalue weighted by atomic mass is 16.3. The quantitative estimate of drug-likeness (QED) is 0.756. The normalized spacial score (nSPS) is 12.2. The molecule has 20 heavy (non-hydrogen) atoms. The Morgan fingerprint density at radius 1 is 1.15 bits per heavy atom. The summed E-state index contributed by atoms with van der Waals surface area (Å²) in [5, 5.41) is 12.9. The Bertz CT molecular complexity index is 540. The molecule has 0 bridgehead atoms. The zero-order chi connectivity index (χ0) is 14.4. The molecule has 2 rings (SSSR count). The maximum absolute atomic E-state index is 9.54. The van der Waals surface area contributed by atoms with Crippen LogP contribution in [-0.4, -0.2) is 17.8 Å². The number of aliphatic hydroxyl groups is 1. The first-order valence-corrected chi connectivity index (χ1v) is 6.94. The summed E-state index contributed by atoms with van der Waals surface area (Å²) in [7, 11) is 0. The third-order valence-electron chi connectivity index (χ3n) is 3.48. The fourth-order valence-corrected chi connectivity index (χ4v) is 2.31. The van der Waals surface area contributed by atoms with Gasteiger partial charge < -0.3 is 16.2 Å². The molecule has 0 amide bonds. The minimum absolute atomic E-state index is 0.0144. The Morgan fingerprint density at radius 3 is 2.50 bits per heavy atom. The van der Waals surface area contributed by atoms with Crippen molar-refractivity contribution in [2.75, 3.05) is 11.9 Å². The molecule has 0 saturated heterocycles. The lowest BCUT2D eigenvalue weighted by atomic mass is 10.0. The Hall–Kier alpha value is -1.84. The van der Waals surface area contributed by atoms with Gasteiger partial charge in [-0.3, -0.25) is 0 Å². The number of hydrogen-bond donors (Lipinski definition) is 3. The maximum Gasteiger partial charge on any atom is 0.0636 e. The fraction of sp³-hybridized carbons (Fsp3) is 0.294. The number of nitrogens with two attached hydrogens (primary N) is 1. The van der Waals surface area contributed by atoms with E-state index >= 15 is 0 Å². The van der Waals surface area contributed by atoms with Crippen LogP contribution in [0, 0.1) is 6.92 Å². The minimum atomic E-state index is 0.0144. The van der Waals surface area contributed by atoms with Crippen LogP contribution in [0.4, 0.5) is 5.69 Å². The van der Waals surface area contributed by atoms with E-state index in [2.05, 4.69) is 30.4 Å². The molecule has 0 saturated carbocycles. The van der Waals surface area contributed by atoms with E-state index in [0.29, 0.717) is 6.54 Å². The lowest BCUT2D eigenvalue weighted by Crippen LogP contribution is -2.26. The monoisotopic (exact) mass is 270 g/mol. The van der Waals surface area contributed by atoms with Crippen molar-refractivity contribution >= 4 is 5.69 Å². The molecule has 0 radical (unpaired) electrons. The highest BCUT2D eigenvalue weighted by Gasteiger charge is 2.09. The van der Waals surface area contributed by atoms with Crippen molar-refractivity contribution in [2.45, 2.75) is 25.9 Å². The molecule has 2 aromatic rings. The summed E-state index contributed by atoms with van der Waals surface area (Å²) in [5.74, 6) is 0. The summed E-state index contributed by atoms with van der Waals surface area (Å²) >= 11 is 0.